The molecular weight excluding hydrogens is 378 g/mol. The van der Waals surface area contributed by atoms with E-state index in [1.807, 2.05) is 18.2 Å². The third-order valence-electron chi connectivity index (χ3n) is 3.80. The lowest BCUT2D eigenvalue weighted by molar-refractivity contribution is -0.129. The zero-order valence-corrected chi connectivity index (χ0v) is 15.0. The molecule has 1 aromatic rings. The smallest absolute Gasteiger partial charge is 0.281 e. The van der Waals surface area contributed by atoms with E-state index >= 15 is 0 Å². The van der Waals surface area contributed by atoms with Crippen molar-refractivity contribution >= 4 is 39.1 Å². The van der Waals surface area contributed by atoms with Gasteiger partial charge in [-0.05, 0) is 31.0 Å². The van der Waals surface area contributed by atoms with Crippen molar-refractivity contribution in [1.82, 2.24) is 5.48 Å². The van der Waals surface area contributed by atoms with Gasteiger partial charge in [-0.1, -0.05) is 33.9 Å². The Morgan fingerprint density at radius 2 is 2.08 bits per heavy atom. The van der Waals surface area contributed by atoms with Crippen LogP contribution in [-0.4, -0.2) is 36.4 Å². The molecule has 0 saturated heterocycles. The molecule has 0 radical (unpaired) electrons. The first-order valence-electron chi connectivity index (χ1n) is 7.74. The molecule has 1 heterocycles. The van der Waals surface area contributed by atoms with Crippen molar-refractivity contribution in [1.29, 1.82) is 0 Å². The number of nitrogens with one attached hydrogen (secondary N) is 1. The molecule has 1 aliphatic rings. The number of anilines is 1. The van der Waals surface area contributed by atoms with Gasteiger partial charge in [0.05, 0.1) is 5.69 Å². The van der Waals surface area contributed by atoms with E-state index in [1.54, 1.807) is 10.4 Å². The van der Waals surface area contributed by atoms with Gasteiger partial charge in [0.2, 0.25) is 5.91 Å². The van der Waals surface area contributed by atoms with Crippen LogP contribution in [0, 0.1) is 0 Å². The number of nitrogens with zero attached hydrogens (tertiary/aromatic N) is 2. The van der Waals surface area contributed by atoms with Gasteiger partial charge in [0.15, 0.2) is 5.71 Å². The molecule has 7 nitrogen and oxygen atoms in total. The second-order valence-corrected chi connectivity index (χ2v) is 6.36. The minimum absolute atomic E-state index is 0.162. The summed E-state index contributed by atoms with van der Waals surface area (Å²) in [5.74, 6) is -0.533. The fraction of sp³-hybridized carbons (Fsp3) is 0.438. The highest BCUT2D eigenvalue weighted by Gasteiger charge is 2.34. The molecule has 1 aliphatic heterocycles. The summed E-state index contributed by atoms with van der Waals surface area (Å²) in [5, 5.41) is 12.3. The van der Waals surface area contributed by atoms with Gasteiger partial charge in [0, 0.05) is 23.0 Å². The topological polar surface area (TPSA) is 91.2 Å². The van der Waals surface area contributed by atoms with Crippen LogP contribution in [0.15, 0.2) is 27.8 Å². The predicted molar refractivity (Wildman–Crippen MR) is 93.1 cm³/mol. The molecule has 130 valence electrons. The van der Waals surface area contributed by atoms with Crippen molar-refractivity contribution in [2.24, 2.45) is 5.16 Å². The molecule has 0 bridgehead atoms. The molecule has 0 saturated carbocycles. The summed E-state index contributed by atoms with van der Waals surface area (Å²) in [6.45, 7) is 0.586. The largest absolute Gasteiger partial charge is 0.398 e. The van der Waals surface area contributed by atoms with Crippen molar-refractivity contribution < 1.29 is 19.6 Å². The molecule has 0 spiro atoms. The number of hydrogen-bond acceptors (Lipinski definition) is 5. The molecule has 0 aliphatic carbocycles. The second-order valence-electron chi connectivity index (χ2n) is 5.44. The molecule has 0 fully saturated rings. The summed E-state index contributed by atoms with van der Waals surface area (Å²) in [7, 11) is 1.42. The quantitative estimate of drug-likeness (QED) is 0.400. The zero-order chi connectivity index (χ0) is 17.5. The zero-order valence-electron chi connectivity index (χ0n) is 13.4. The summed E-state index contributed by atoms with van der Waals surface area (Å²) < 4.78 is 0.877. The number of halogens is 1. The van der Waals surface area contributed by atoms with E-state index < -0.39 is 0 Å². The van der Waals surface area contributed by atoms with Crippen molar-refractivity contribution in [3.05, 3.63) is 28.2 Å². The number of hydrogen-bond donors (Lipinski definition) is 2. The third-order valence-corrected chi connectivity index (χ3v) is 4.29. The number of hydroxylamine groups is 1. The standard InChI is InChI=1S/C16H20BrN3O4/c1-24-19-15-12-10-11(17)7-8-13(12)20(16(15)22)9-5-3-2-4-6-14(21)18-23/h7-8,10,23H,2-6,9H2,1H3,(H,18,21). The van der Waals surface area contributed by atoms with Crippen LogP contribution < -0.4 is 10.4 Å². The summed E-state index contributed by atoms with van der Waals surface area (Å²) in [6.07, 6.45) is 3.59. The van der Waals surface area contributed by atoms with Gasteiger partial charge in [-0.15, -0.1) is 0 Å². The first-order valence-corrected chi connectivity index (χ1v) is 8.53. The van der Waals surface area contributed by atoms with E-state index in [0.29, 0.717) is 25.1 Å². The maximum absolute atomic E-state index is 12.5. The van der Waals surface area contributed by atoms with Crippen molar-refractivity contribution in [3.63, 3.8) is 0 Å². The van der Waals surface area contributed by atoms with Crippen LogP contribution in [0.3, 0.4) is 0 Å². The third kappa shape index (κ3) is 4.33. The van der Waals surface area contributed by atoms with Gasteiger partial charge in [-0.3, -0.25) is 14.8 Å². The Morgan fingerprint density at radius 1 is 1.33 bits per heavy atom. The van der Waals surface area contributed by atoms with Crippen LogP contribution in [-0.2, 0) is 14.4 Å². The predicted octanol–water partition coefficient (Wildman–Crippen LogP) is 2.60. The number of fused-ring (bicyclic) bond motifs is 1. The Kier molecular flexibility index (Phi) is 6.74. The first-order chi connectivity index (χ1) is 11.6. The molecule has 1 aromatic carbocycles. The molecule has 8 heteroatoms. The van der Waals surface area contributed by atoms with Crippen LogP contribution in [0.1, 0.15) is 37.7 Å². The van der Waals surface area contributed by atoms with E-state index in [4.69, 9.17) is 10.0 Å². The average molecular weight is 398 g/mol. The van der Waals surface area contributed by atoms with E-state index in [0.717, 1.165) is 35.0 Å². The van der Waals surface area contributed by atoms with Crippen molar-refractivity contribution in [2.45, 2.75) is 32.1 Å². The number of rotatable bonds is 8. The normalized spacial score (nSPS) is 14.9. The van der Waals surface area contributed by atoms with E-state index in [9.17, 15) is 9.59 Å². The highest BCUT2D eigenvalue weighted by Crippen LogP contribution is 2.32. The Balaban J connectivity index is 1.93. The first kappa shape index (κ1) is 18.4. The van der Waals surface area contributed by atoms with E-state index in [2.05, 4.69) is 21.1 Å². The van der Waals surface area contributed by atoms with E-state index in [1.165, 1.54) is 7.11 Å². The maximum atomic E-state index is 12.5. The van der Waals surface area contributed by atoms with Crippen LogP contribution in [0.2, 0.25) is 0 Å². The summed E-state index contributed by atoms with van der Waals surface area (Å²) in [5.41, 5.74) is 3.52. The second kappa shape index (κ2) is 8.79. The lowest BCUT2D eigenvalue weighted by Gasteiger charge is -2.16. The number of amides is 2. The van der Waals surface area contributed by atoms with Gasteiger partial charge in [-0.25, -0.2) is 5.48 Å². The lowest BCUT2D eigenvalue weighted by Crippen LogP contribution is -2.31. The van der Waals surface area contributed by atoms with Crippen molar-refractivity contribution in [2.75, 3.05) is 18.6 Å². The fourth-order valence-electron chi connectivity index (χ4n) is 2.65. The van der Waals surface area contributed by atoms with Crippen LogP contribution >= 0.6 is 15.9 Å². The SMILES string of the molecule is CON=C1C(=O)N(CCCCCCC(=O)NO)c2ccc(Br)cc21. The monoisotopic (exact) mass is 397 g/mol. The van der Waals surface area contributed by atoms with Crippen LogP contribution in [0.5, 0.6) is 0 Å². The summed E-state index contributed by atoms with van der Waals surface area (Å²) in [6, 6.07) is 5.64. The van der Waals surface area contributed by atoms with E-state index in [-0.39, 0.29) is 11.8 Å². The van der Waals surface area contributed by atoms with Gasteiger partial charge >= 0.3 is 0 Å². The van der Waals surface area contributed by atoms with Gasteiger partial charge < -0.3 is 9.74 Å². The molecule has 0 aromatic heterocycles. The summed E-state index contributed by atoms with van der Waals surface area (Å²) >= 11 is 3.41. The maximum Gasteiger partial charge on any atom is 0.281 e. The highest BCUT2D eigenvalue weighted by atomic mass is 79.9. The number of carbonyl (C=O) groups is 2. The number of carbonyl (C=O) groups excluding carboxylic acids is 2. The molecular formula is C16H20BrN3O4. The number of benzene rings is 1. The van der Waals surface area contributed by atoms with Crippen molar-refractivity contribution in [3.8, 4) is 0 Å². The Bertz CT molecular complexity index is 648. The number of oxime groups is 1. The van der Waals surface area contributed by atoms with Gasteiger partial charge in [-0.2, -0.15) is 0 Å². The fourth-order valence-corrected chi connectivity index (χ4v) is 3.01. The molecule has 2 rings (SSSR count). The number of unbranched alkanes of at least 4 members (excludes halogenated alkanes) is 3. The minimum Gasteiger partial charge on any atom is -0.398 e. The molecule has 2 N–H and O–H groups in total. The lowest BCUT2D eigenvalue weighted by atomic mass is 10.1. The van der Waals surface area contributed by atoms with Gasteiger partial charge in [0.25, 0.3) is 5.91 Å². The molecule has 0 atom stereocenters. The molecule has 0 unspecified atom stereocenters. The Hall–Kier alpha value is -1.93. The Labute approximate surface area is 148 Å². The highest BCUT2D eigenvalue weighted by molar-refractivity contribution is 9.10. The van der Waals surface area contributed by atoms with Crippen LogP contribution in [0.25, 0.3) is 0 Å². The molecule has 24 heavy (non-hydrogen) atoms. The summed E-state index contributed by atoms with van der Waals surface area (Å²) in [4.78, 5) is 30.0. The Morgan fingerprint density at radius 3 is 2.79 bits per heavy atom. The average Bonchev–Trinajstić information content (AvgIpc) is 2.82. The molecule has 2 amide bonds. The van der Waals surface area contributed by atoms with Gasteiger partial charge in [0.1, 0.15) is 7.11 Å². The van der Waals surface area contributed by atoms with Crippen LogP contribution in [0.4, 0.5) is 5.69 Å². The minimum atomic E-state index is -0.371.